The highest BCUT2D eigenvalue weighted by Gasteiger charge is 2.05. The van der Waals surface area contributed by atoms with Crippen molar-refractivity contribution >= 4 is 29.1 Å². The van der Waals surface area contributed by atoms with E-state index in [1.807, 2.05) is 0 Å². The van der Waals surface area contributed by atoms with Crippen molar-refractivity contribution in [3.05, 3.63) is 76.9 Å². The summed E-state index contributed by atoms with van der Waals surface area (Å²) in [5.41, 5.74) is 1.10. The highest BCUT2D eigenvalue weighted by Crippen LogP contribution is 2.21. The maximum absolute atomic E-state index is 13.6. The van der Waals surface area contributed by atoms with E-state index >= 15 is 0 Å². The van der Waals surface area contributed by atoms with E-state index in [4.69, 9.17) is 11.6 Å². The molecule has 3 aromatic rings. The predicted octanol–water partition coefficient (Wildman–Crippen LogP) is 4.76. The zero-order valence-corrected chi connectivity index (χ0v) is 13.2. The van der Waals surface area contributed by atoms with Crippen molar-refractivity contribution in [1.82, 2.24) is 9.97 Å². The van der Waals surface area contributed by atoms with Gasteiger partial charge < -0.3 is 10.6 Å². The topological polar surface area (TPSA) is 49.8 Å². The number of nitrogens with zero attached hydrogens (tertiary/aromatic N) is 2. The second-order valence-electron chi connectivity index (χ2n) is 4.96. The summed E-state index contributed by atoms with van der Waals surface area (Å²) in [5.74, 6) is 0.0713. The monoisotopic (exact) mass is 346 g/mol. The van der Waals surface area contributed by atoms with Crippen LogP contribution >= 0.6 is 11.6 Å². The first-order valence-electron chi connectivity index (χ1n) is 7.14. The Hall–Kier alpha value is -2.73. The molecule has 0 saturated heterocycles. The molecule has 0 saturated carbocycles. The number of hydrogen-bond acceptors (Lipinski definition) is 4. The molecule has 0 amide bonds. The van der Waals surface area contributed by atoms with Crippen molar-refractivity contribution in [2.75, 3.05) is 10.6 Å². The lowest BCUT2D eigenvalue weighted by molar-refractivity contribution is 0.613. The average molecular weight is 347 g/mol. The molecule has 0 spiro atoms. The second-order valence-corrected chi connectivity index (χ2v) is 5.37. The summed E-state index contributed by atoms with van der Waals surface area (Å²) >= 11 is 5.74. The highest BCUT2D eigenvalue weighted by atomic mass is 35.5. The van der Waals surface area contributed by atoms with Crippen LogP contribution in [-0.4, -0.2) is 9.97 Å². The minimum Gasteiger partial charge on any atom is -0.366 e. The van der Waals surface area contributed by atoms with Crippen molar-refractivity contribution in [3.63, 3.8) is 0 Å². The fourth-order valence-corrected chi connectivity index (χ4v) is 2.23. The number of rotatable bonds is 5. The van der Waals surface area contributed by atoms with Crippen LogP contribution in [0, 0.1) is 11.6 Å². The molecule has 0 aliphatic carbocycles. The van der Waals surface area contributed by atoms with Crippen LogP contribution in [0.2, 0.25) is 5.02 Å². The molecule has 0 radical (unpaired) electrons. The van der Waals surface area contributed by atoms with Gasteiger partial charge in [-0.1, -0.05) is 29.8 Å². The third kappa shape index (κ3) is 3.97. The van der Waals surface area contributed by atoms with Crippen molar-refractivity contribution < 1.29 is 8.78 Å². The van der Waals surface area contributed by atoms with E-state index in [1.165, 1.54) is 24.3 Å². The molecular formula is C17H13ClF2N4. The number of hydrogen-bond donors (Lipinski definition) is 2. The van der Waals surface area contributed by atoms with Crippen molar-refractivity contribution in [1.29, 1.82) is 0 Å². The van der Waals surface area contributed by atoms with Crippen LogP contribution in [0.25, 0.3) is 0 Å². The van der Waals surface area contributed by atoms with E-state index in [2.05, 4.69) is 20.6 Å². The Morgan fingerprint density at radius 2 is 1.83 bits per heavy atom. The molecule has 0 aliphatic heterocycles. The number of benzene rings is 2. The van der Waals surface area contributed by atoms with Crippen LogP contribution in [0.15, 0.2) is 54.7 Å². The van der Waals surface area contributed by atoms with Crippen molar-refractivity contribution in [2.24, 2.45) is 0 Å². The normalized spacial score (nSPS) is 10.5. The van der Waals surface area contributed by atoms with Crippen LogP contribution in [0.1, 0.15) is 5.56 Å². The summed E-state index contributed by atoms with van der Waals surface area (Å²) in [6.45, 7) is 0.297. The largest absolute Gasteiger partial charge is 0.366 e. The molecule has 2 aromatic carbocycles. The fourth-order valence-electron chi connectivity index (χ4n) is 2.05. The third-order valence-corrected chi connectivity index (χ3v) is 3.54. The van der Waals surface area contributed by atoms with Crippen LogP contribution < -0.4 is 10.6 Å². The Balaban J connectivity index is 1.69. The molecule has 3 rings (SSSR count). The van der Waals surface area contributed by atoms with Crippen LogP contribution in [0.3, 0.4) is 0 Å². The zero-order valence-electron chi connectivity index (χ0n) is 12.4. The van der Waals surface area contributed by atoms with Crippen LogP contribution in [-0.2, 0) is 6.54 Å². The molecule has 2 N–H and O–H groups in total. The van der Waals surface area contributed by atoms with Gasteiger partial charge in [0, 0.05) is 24.0 Å². The summed E-state index contributed by atoms with van der Waals surface area (Å²) in [7, 11) is 0. The van der Waals surface area contributed by atoms with E-state index in [-0.39, 0.29) is 10.8 Å². The van der Waals surface area contributed by atoms with Gasteiger partial charge in [0.15, 0.2) is 0 Å². The van der Waals surface area contributed by atoms with E-state index in [1.54, 1.807) is 30.5 Å². The van der Waals surface area contributed by atoms with Gasteiger partial charge in [0.2, 0.25) is 5.95 Å². The van der Waals surface area contributed by atoms with Crippen LogP contribution in [0.5, 0.6) is 0 Å². The average Bonchev–Trinajstić information content (AvgIpc) is 2.58. The Labute approximate surface area is 142 Å². The van der Waals surface area contributed by atoms with E-state index in [0.717, 1.165) is 0 Å². The minimum absolute atomic E-state index is 0.00818. The lowest BCUT2D eigenvalue weighted by atomic mass is 10.2. The number of halogens is 3. The summed E-state index contributed by atoms with van der Waals surface area (Å²) in [6, 6.07) is 12.4. The molecule has 0 bridgehead atoms. The van der Waals surface area contributed by atoms with Crippen molar-refractivity contribution in [2.45, 2.75) is 6.54 Å². The maximum Gasteiger partial charge on any atom is 0.229 e. The minimum atomic E-state index is -0.497. The molecule has 0 atom stereocenters. The predicted molar refractivity (Wildman–Crippen MR) is 90.5 cm³/mol. The van der Waals surface area contributed by atoms with Gasteiger partial charge in [0.25, 0.3) is 0 Å². The lowest BCUT2D eigenvalue weighted by Crippen LogP contribution is -2.05. The van der Waals surface area contributed by atoms with E-state index in [9.17, 15) is 8.78 Å². The van der Waals surface area contributed by atoms with Crippen LogP contribution in [0.4, 0.5) is 26.2 Å². The lowest BCUT2D eigenvalue weighted by Gasteiger charge is -2.09. The SMILES string of the molecule is Fc1ccc(Nc2nccc(NCc3ccccc3F)n2)cc1Cl. The number of nitrogens with one attached hydrogen (secondary N) is 2. The Morgan fingerprint density at radius 1 is 1.00 bits per heavy atom. The molecule has 4 nitrogen and oxygen atoms in total. The maximum atomic E-state index is 13.6. The molecule has 0 aliphatic rings. The molecule has 1 heterocycles. The second kappa shape index (κ2) is 7.23. The van der Waals surface area contributed by atoms with Gasteiger partial charge in [0.05, 0.1) is 5.02 Å². The molecular weight excluding hydrogens is 334 g/mol. The molecule has 0 unspecified atom stereocenters. The Bertz CT molecular complexity index is 857. The van der Waals surface area contributed by atoms with Gasteiger partial charge in [-0.2, -0.15) is 4.98 Å². The quantitative estimate of drug-likeness (QED) is 0.699. The smallest absolute Gasteiger partial charge is 0.229 e. The highest BCUT2D eigenvalue weighted by molar-refractivity contribution is 6.31. The number of anilines is 3. The molecule has 7 heteroatoms. The fraction of sp³-hybridized carbons (Fsp3) is 0.0588. The number of aromatic nitrogens is 2. The Kier molecular flexibility index (Phi) is 4.86. The van der Waals surface area contributed by atoms with Gasteiger partial charge in [0.1, 0.15) is 17.5 Å². The molecule has 24 heavy (non-hydrogen) atoms. The van der Waals surface area contributed by atoms with Gasteiger partial charge >= 0.3 is 0 Å². The van der Waals surface area contributed by atoms with E-state index in [0.29, 0.717) is 29.6 Å². The van der Waals surface area contributed by atoms with Gasteiger partial charge in [-0.3, -0.25) is 0 Å². The molecule has 0 fully saturated rings. The summed E-state index contributed by atoms with van der Waals surface area (Å²) in [6.07, 6.45) is 1.56. The van der Waals surface area contributed by atoms with Gasteiger partial charge in [-0.25, -0.2) is 13.8 Å². The zero-order chi connectivity index (χ0) is 16.9. The first kappa shape index (κ1) is 16.1. The third-order valence-electron chi connectivity index (χ3n) is 3.25. The standard InChI is InChI=1S/C17H13ClF2N4/c18-13-9-12(5-6-15(13)20)23-17-21-8-7-16(24-17)22-10-11-3-1-2-4-14(11)19/h1-9H,10H2,(H2,21,22,23,24). The summed E-state index contributed by atoms with van der Waals surface area (Å²) in [5, 5.41) is 5.97. The van der Waals surface area contributed by atoms with E-state index < -0.39 is 5.82 Å². The molecule has 1 aromatic heterocycles. The van der Waals surface area contributed by atoms with Crippen molar-refractivity contribution in [3.8, 4) is 0 Å². The Morgan fingerprint density at radius 3 is 2.62 bits per heavy atom. The van der Waals surface area contributed by atoms with Gasteiger partial charge in [-0.05, 0) is 30.3 Å². The summed E-state index contributed by atoms with van der Waals surface area (Å²) in [4.78, 5) is 8.36. The first-order valence-corrected chi connectivity index (χ1v) is 7.52. The molecule has 122 valence electrons. The first-order chi connectivity index (χ1) is 11.6. The summed E-state index contributed by atoms with van der Waals surface area (Å²) < 4.78 is 26.8. The van der Waals surface area contributed by atoms with Gasteiger partial charge in [-0.15, -0.1) is 0 Å².